The molecule has 2 rings (SSSR count). The summed E-state index contributed by atoms with van der Waals surface area (Å²) >= 11 is 1.45. The van der Waals surface area contributed by atoms with Gasteiger partial charge in [-0.2, -0.15) is 18.3 Å². The highest BCUT2D eigenvalue weighted by Gasteiger charge is 2.36. The van der Waals surface area contributed by atoms with E-state index in [0.717, 1.165) is 11.4 Å². The van der Waals surface area contributed by atoms with Crippen molar-refractivity contribution in [2.75, 3.05) is 5.32 Å². The third-order valence-electron chi connectivity index (χ3n) is 2.79. The molecule has 5 nitrogen and oxygen atoms in total. The number of H-pyrrole nitrogens is 1. The molecule has 2 aromatic heterocycles. The largest absolute Gasteiger partial charge is 0.433 e. The van der Waals surface area contributed by atoms with Gasteiger partial charge in [-0.15, -0.1) is 11.3 Å². The molecule has 1 amide bonds. The first-order valence-electron chi connectivity index (χ1n) is 6.16. The van der Waals surface area contributed by atoms with Crippen LogP contribution in [0.2, 0.25) is 0 Å². The van der Waals surface area contributed by atoms with Crippen LogP contribution in [0.3, 0.4) is 0 Å². The number of alkyl halides is 3. The van der Waals surface area contributed by atoms with Crippen molar-refractivity contribution in [3.05, 3.63) is 27.3 Å². The van der Waals surface area contributed by atoms with Crippen molar-refractivity contribution in [3.63, 3.8) is 0 Å². The number of anilines is 1. The normalized spacial score (nSPS) is 11.7. The van der Waals surface area contributed by atoms with Crippen molar-refractivity contribution < 1.29 is 18.0 Å². The number of thiazole rings is 1. The lowest BCUT2D eigenvalue weighted by atomic mass is 10.2. The van der Waals surface area contributed by atoms with Crippen molar-refractivity contribution in [3.8, 4) is 0 Å². The smallest absolute Gasteiger partial charge is 0.309 e. The summed E-state index contributed by atoms with van der Waals surface area (Å²) in [5.74, 6) is -0.565. The van der Waals surface area contributed by atoms with Crippen LogP contribution in [0.15, 0.2) is 5.38 Å². The summed E-state index contributed by atoms with van der Waals surface area (Å²) in [6.45, 7) is 3.20. The van der Waals surface area contributed by atoms with Crippen molar-refractivity contribution in [2.45, 2.75) is 32.9 Å². The summed E-state index contributed by atoms with van der Waals surface area (Å²) in [4.78, 5) is 16.0. The molecule has 0 aliphatic rings. The van der Waals surface area contributed by atoms with Crippen molar-refractivity contribution in [1.29, 1.82) is 0 Å². The van der Waals surface area contributed by atoms with Crippen LogP contribution in [-0.4, -0.2) is 21.1 Å². The molecular weight excluding hydrogens is 305 g/mol. The third kappa shape index (κ3) is 3.60. The molecule has 0 saturated carbocycles. The van der Waals surface area contributed by atoms with E-state index in [0.29, 0.717) is 5.69 Å². The first-order chi connectivity index (χ1) is 9.81. The molecule has 0 atom stereocenters. The zero-order valence-electron chi connectivity index (χ0n) is 11.3. The quantitative estimate of drug-likeness (QED) is 0.910. The van der Waals surface area contributed by atoms with Crippen LogP contribution in [0, 0.1) is 6.92 Å². The Morgan fingerprint density at radius 3 is 2.71 bits per heavy atom. The van der Waals surface area contributed by atoms with Gasteiger partial charge in [0, 0.05) is 10.9 Å². The molecular formula is C12H13F3N4OS. The molecule has 0 radical (unpaired) electrons. The van der Waals surface area contributed by atoms with E-state index in [1.807, 2.05) is 12.0 Å². The lowest BCUT2D eigenvalue weighted by molar-refractivity contribution is -0.141. The fourth-order valence-corrected chi connectivity index (χ4v) is 2.47. The number of halogens is 3. The van der Waals surface area contributed by atoms with Gasteiger partial charge in [-0.05, 0) is 13.3 Å². The van der Waals surface area contributed by atoms with Gasteiger partial charge in [0.15, 0.2) is 5.82 Å². The highest BCUT2D eigenvalue weighted by molar-refractivity contribution is 7.09. The molecule has 2 N–H and O–H groups in total. The van der Waals surface area contributed by atoms with Crippen LogP contribution in [0.1, 0.15) is 28.9 Å². The number of nitrogens with one attached hydrogen (secondary N) is 2. The van der Waals surface area contributed by atoms with Crippen LogP contribution in [0.5, 0.6) is 0 Å². The third-order valence-corrected chi connectivity index (χ3v) is 3.84. The summed E-state index contributed by atoms with van der Waals surface area (Å²) in [6, 6.07) is 0. The zero-order valence-corrected chi connectivity index (χ0v) is 12.2. The summed E-state index contributed by atoms with van der Waals surface area (Å²) < 4.78 is 37.8. The molecule has 0 aliphatic carbocycles. The van der Waals surface area contributed by atoms with Gasteiger partial charge in [-0.25, -0.2) is 4.98 Å². The van der Waals surface area contributed by atoms with Gasteiger partial charge in [0.1, 0.15) is 5.69 Å². The van der Waals surface area contributed by atoms with E-state index < -0.39 is 17.8 Å². The minimum absolute atomic E-state index is 0.00412. The summed E-state index contributed by atoms with van der Waals surface area (Å²) in [6.07, 6.45) is -3.74. The van der Waals surface area contributed by atoms with Gasteiger partial charge in [-0.3, -0.25) is 9.89 Å². The van der Waals surface area contributed by atoms with E-state index >= 15 is 0 Å². The van der Waals surface area contributed by atoms with Crippen molar-refractivity contribution >= 4 is 23.1 Å². The number of amides is 1. The Morgan fingerprint density at radius 1 is 1.48 bits per heavy atom. The second-order valence-electron chi connectivity index (χ2n) is 4.38. The van der Waals surface area contributed by atoms with Crippen molar-refractivity contribution in [2.24, 2.45) is 0 Å². The Kier molecular flexibility index (Phi) is 4.31. The lowest BCUT2D eigenvalue weighted by Gasteiger charge is -2.05. The summed E-state index contributed by atoms with van der Waals surface area (Å²) in [5.41, 5.74) is -0.498. The summed E-state index contributed by atoms with van der Waals surface area (Å²) in [5, 5.41) is 10.4. The molecule has 0 fully saturated rings. The molecule has 0 unspecified atom stereocenters. The maximum atomic E-state index is 12.6. The Hall–Kier alpha value is -1.90. The van der Waals surface area contributed by atoms with Crippen LogP contribution in [0.25, 0.3) is 0 Å². The standard InChI is InChI=1S/C12H13F3N4OS/c1-3-9-16-7(5-21-9)4-8(20)17-11-6(2)10(18-19-11)12(13,14)15/h5H,3-4H2,1-2H3,(H2,17,18,19,20). The first-order valence-corrected chi connectivity index (χ1v) is 7.04. The molecule has 0 bridgehead atoms. The molecule has 2 aromatic rings. The number of hydrogen-bond donors (Lipinski definition) is 2. The average molecular weight is 318 g/mol. The van der Waals surface area contributed by atoms with Gasteiger partial charge < -0.3 is 5.32 Å². The Bertz CT molecular complexity index is 647. The minimum Gasteiger partial charge on any atom is -0.309 e. The van der Waals surface area contributed by atoms with Gasteiger partial charge in [0.25, 0.3) is 0 Å². The Balaban J connectivity index is 2.05. The first kappa shape index (κ1) is 15.5. The van der Waals surface area contributed by atoms with Gasteiger partial charge in [-0.1, -0.05) is 6.92 Å². The SMILES string of the molecule is CCc1nc(CC(=O)Nc2n[nH]c(C(F)(F)F)c2C)cs1. The van der Waals surface area contributed by atoms with E-state index in [1.165, 1.54) is 18.3 Å². The maximum Gasteiger partial charge on any atom is 0.433 e. The predicted octanol–water partition coefficient (Wildman–Crippen LogP) is 2.94. The molecule has 9 heteroatoms. The van der Waals surface area contributed by atoms with E-state index in [1.54, 1.807) is 5.38 Å². The van der Waals surface area contributed by atoms with Crippen molar-refractivity contribution in [1.82, 2.24) is 15.2 Å². The number of aromatic nitrogens is 3. The highest BCUT2D eigenvalue weighted by Crippen LogP contribution is 2.32. The molecule has 114 valence electrons. The van der Waals surface area contributed by atoms with E-state index in [9.17, 15) is 18.0 Å². The minimum atomic E-state index is -4.52. The fourth-order valence-electron chi connectivity index (χ4n) is 1.73. The number of aromatic amines is 1. The summed E-state index contributed by atoms with van der Waals surface area (Å²) in [7, 11) is 0. The molecule has 0 spiro atoms. The van der Waals surface area contributed by atoms with Gasteiger partial charge in [0.05, 0.1) is 17.1 Å². The fraction of sp³-hybridized carbons (Fsp3) is 0.417. The maximum absolute atomic E-state index is 12.6. The Labute approximate surface area is 122 Å². The predicted molar refractivity (Wildman–Crippen MR) is 72.2 cm³/mol. The number of rotatable bonds is 4. The number of carbonyl (C=O) groups is 1. The van der Waals surface area contributed by atoms with Crippen LogP contribution in [0.4, 0.5) is 19.0 Å². The topological polar surface area (TPSA) is 70.7 Å². The number of aryl methyl sites for hydroxylation is 1. The Morgan fingerprint density at radius 2 is 2.19 bits per heavy atom. The monoisotopic (exact) mass is 318 g/mol. The van der Waals surface area contributed by atoms with Crippen LogP contribution < -0.4 is 5.32 Å². The average Bonchev–Trinajstić information content (AvgIpc) is 2.96. The molecule has 0 aromatic carbocycles. The number of hydrogen-bond acceptors (Lipinski definition) is 4. The lowest BCUT2D eigenvalue weighted by Crippen LogP contribution is -2.16. The van der Waals surface area contributed by atoms with E-state index in [2.05, 4.69) is 15.4 Å². The molecule has 0 saturated heterocycles. The second-order valence-corrected chi connectivity index (χ2v) is 5.32. The van der Waals surface area contributed by atoms with E-state index in [4.69, 9.17) is 0 Å². The van der Waals surface area contributed by atoms with Crippen LogP contribution in [-0.2, 0) is 23.8 Å². The molecule has 21 heavy (non-hydrogen) atoms. The number of carbonyl (C=O) groups excluding carboxylic acids is 1. The highest BCUT2D eigenvalue weighted by atomic mass is 32.1. The number of nitrogens with zero attached hydrogens (tertiary/aromatic N) is 2. The van der Waals surface area contributed by atoms with E-state index in [-0.39, 0.29) is 17.8 Å². The van der Waals surface area contributed by atoms with Gasteiger partial charge >= 0.3 is 6.18 Å². The molecule has 2 heterocycles. The van der Waals surface area contributed by atoms with Crippen LogP contribution >= 0.6 is 11.3 Å². The molecule has 0 aliphatic heterocycles. The second kappa shape index (κ2) is 5.84. The van der Waals surface area contributed by atoms with Gasteiger partial charge in [0.2, 0.25) is 5.91 Å². The zero-order chi connectivity index (χ0) is 15.6.